The van der Waals surface area contributed by atoms with E-state index in [0.29, 0.717) is 11.3 Å². The molecule has 1 saturated carbocycles. The van der Waals surface area contributed by atoms with Crippen molar-refractivity contribution in [1.29, 1.82) is 5.26 Å². The number of pyridine rings is 1. The number of nitrogens with one attached hydrogen (secondary N) is 1. The molecule has 1 N–H and O–H groups in total. The van der Waals surface area contributed by atoms with E-state index in [1.54, 1.807) is 18.0 Å². The maximum atomic E-state index is 9.38. The highest BCUT2D eigenvalue weighted by molar-refractivity contribution is 9.10. The molecule has 1 heterocycles. The van der Waals surface area contributed by atoms with Crippen LogP contribution in [0.4, 0.5) is 0 Å². The summed E-state index contributed by atoms with van der Waals surface area (Å²) in [6.07, 6.45) is 5.01. The van der Waals surface area contributed by atoms with Gasteiger partial charge in [-0.25, -0.2) is 4.98 Å². The van der Waals surface area contributed by atoms with Gasteiger partial charge >= 0.3 is 0 Å². The van der Waals surface area contributed by atoms with Crippen molar-refractivity contribution >= 4 is 27.7 Å². The number of hydrogen-bond donors (Lipinski definition) is 1. The standard InChI is InChI=1S/C14H18BrN3S/c1-10(19-13-12(15)4-3-7-17-13)8-14(2,9-16)18-11-5-6-11/h3-4,7,10-11,18H,5-6,8H2,1-2H3. The molecular formula is C14H18BrN3S. The van der Waals surface area contributed by atoms with Gasteiger partial charge in [-0.15, -0.1) is 11.8 Å². The van der Waals surface area contributed by atoms with Crippen LogP contribution in [0.25, 0.3) is 0 Å². The van der Waals surface area contributed by atoms with Gasteiger partial charge < -0.3 is 0 Å². The highest BCUT2D eigenvalue weighted by Crippen LogP contribution is 2.33. The number of rotatable bonds is 6. The number of hydrogen-bond acceptors (Lipinski definition) is 4. The average Bonchev–Trinajstić information content (AvgIpc) is 3.15. The molecule has 0 aliphatic heterocycles. The molecule has 102 valence electrons. The smallest absolute Gasteiger partial charge is 0.110 e. The summed E-state index contributed by atoms with van der Waals surface area (Å²) in [5.74, 6) is 0. The van der Waals surface area contributed by atoms with Crippen molar-refractivity contribution in [3.8, 4) is 6.07 Å². The molecule has 0 radical (unpaired) electrons. The molecule has 1 aliphatic rings. The van der Waals surface area contributed by atoms with Crippen molar-refractivity contribution in [3.05, 3.63) is 22.8 Å². The second kappa shape index (κ2) is 6.25. The molecule has 2 unspecified atom stereocenters. The van der Waals surface area contributed by atoms with Gasteiger partial charge in [-0.2, -0.15) is 5.26 Å². The van der Waals surface area contributed by atoms with Gasteiger partial charge in [0.05, 0.1) is 6.07 Å². The second-order valence-corrected chi connectivity index (χ2v) is 7.57. The summed E-state index contributed by atoms with van der Waals surface area (Å²) in [7, 11) is 0. The van der Waals surface area contributed by atoms with Gasteiger partial charge in [-0.1, -0.05) is 6.92 Å². The highest BCUT2D eigenvalue weighted by Gasteiger charge is 2.33. The first-order valence-corrected chi connectivity index (χ1v) is 8.16. The van der Waals surface area contributed by atoms with E-state index in [0.717, 1.165) is 15.9 Å². The molecule has 0 saturated heterocycles. The summed E-state index contributed by atoms with van der Waals surface area (Å²) in [5.41, 5.74) is -0.436. The number of nitrogens with zero attached hydrogens (tertiary/aromatic N) is 2. The van der Waals surface area contributed by atoms with Gasteiger partial charge in [-0.05, 0) is 54.2 Å². The maximum Gasteiger partial charge on any atom is 0.110 e. The van der Waals surface area contributed by atoms with Gasteiger partial charge in [0.2, 0.25) is 0 Å². The van der Waals surface area contributed by atoms with Crippen molar-refractivity contribution < 1.29 is 0 Å². The number of thioether (sulfide) groups is 1. The number of halogens is 1. The third-order valence-electron chi connectivity index (χ3n) is 3.08. The van der Waals surface area contributed by atoms with Crippen LogP contribution >= 0.6 is 27.7 Å². The second-order valence-electron chi connectivity index (χ2n) is 5.29. The minimum atomic E-state index is -0.436. The van der Waals surface area contributed by atoms with E-state index in [9.17, 15) is 5.26 Å². The molecule has 1 fully saturated rings. The zero-order chi connectivity index (χ0) is 13.9. The molecule has 1 aromatic rings. The Hall–Kier alpha value is -0.570. The molecule has 19 heavy (non-hydrogen) atoms. The fourth-order valence-electron chi connectivity index (χ4n) is 2.08. The first kappa shape index (κ1) is 14.8. The van der Waals surface area contributed by atoms with E-state index in [4.69, 9.17) is 0 Å². The first-order chi connectivity index (χ1) is 9.02. The van der Waals surface area contributed by atoms with Crippen molar-refractivity contribution in [3.63, 3.8) is 0 Å². The monoisotopic (exact) mass is 339 g/mol. The lowest BCUT2D eigenvalue weighted by molar-refractivity contribution is 0.414. The highest BCUT2D eigenvalue weighted by atomic mass is 79.9. The van der Waals surface area contributed by atoms with Crippen LogP contribution in [0.3, 0.4) is 0 Å². The third kappa shape index (κ3) is 4.48. The predicted molar refractivity (Wildman–Crippen MR) is 82.0 cm³/mol. The van der Waals surface area contributed by atoms with Crippen LogP contribution in [-0.2, 0) is 0 Å². The summed E-state index contributed by atoms with van der Waals surface area (Å²) in [5, 5.41) is 14.1. The molecule has 0 bridgehead atoms. The van der Waals surface area contributed by atoms with Crippen LogP contribution < -0.4 is 5.32 Å². The lowest BCUT2D eigenvalue weighted by atomic mass is 9.98. The van der Waals surface area contributed by atoms with Crippen molar-refractivity contribution in [2.75, 3.05) is 0 Å². The molecule has 5 heteroatoms. The Bertz CT molecular complexity index is 484. The number of nitriles is 1. The zero-order valence-corrected chi connectivity index (χ0v) is 13.6. The van der Waals surface area contributed by atoms with Gasteiger partial charge in [0.15, 0.2) is 0 Å². The van der Waals surface area contributed by atoms with E-state index >= 15 is 0 Å². The lowest BCUT2D eigenvalue weighted by Gasteiger charge is -2.26. The van der Waals surface area contributed by atoms with Crippen molar-refractivity contribution in [1.82, 2.24) is 10.3 Å². The summed E-state index contributed by atoms with van der Waals surface area (Å²) >= 11 is 5.22. The van der Waals surface area contributed by atoms with Gasteiger partial charge in [0, 0.05) is 22.0 Å². The fraction of sp³-hybridized carbons (Fsp3) is 0.571. The molecule has 0 spiro atoms. The van der Waals surface area contributed by atoms with Crippen molar-refractivity contribution in [2.24, 2.45) is 0 Å². The minimum absolute atomic E-state index is 0.335. The first-order valence-electron chi connectivity index (χ1n) is 6.48. The topological polar surface area (TPSA) is 48.7 Å². The van der Waals surface area contributed by atoms with E-state index < -0.39 is 5.54 Å². The summed E-state index contributed by atoms with van der Waals surface area (Å²) in [6.45, 7) is 4.14. The van der Waals surface area contributed by atoms with Crippen LogP contribution in [-0.4, -0.2) is 21.8 Å². The molecular weight excluding hydrogens is 322 g/mol. The van der Waals surface area contributed by atoms with Crippen LogP contribution in [0.2, 0.25) is 0 Å². The molecule has 3 nitrogen and oxygen atoms in total. The van der Waals surface area contributed by atoms with Gasteiger partial charge in [0.1, 0.15) is 10.6 Å². The van der Waals surface area contributed by atoms with Crippen LogP contribution in [0.1, 0.15) is 33.1 Å². The molecule has 0 aromatic carbocycles. The Morgan fingerprint density at radius 2 is 2.42 bits per heavy atom. The fourth-order valence-corrected chi connectivity index (χ4v) is 3.72. The Morgan fingerprint density at radius 3 is 3.00 bits per heavy atom. The lowest BCUT2D eigenvalue weighted by Crippen LogP contribution is -2.44. The van der Waals surface area contributed by atoms with Crippen LogP contribution in [0, 0.1) is 11.3 Å². The number of aromatic nitrogens is 1. The molecule has 2 atom stereocenters. The average molecular weight is 340 g/mol. The van der Waals surface area contributed by atoms with Crippen molar-refractivity contribution in [2.45, 2.75) is 55.0 Å². The summed E-state index contributed by atoms with van der Waals surface area (Å²) < 4.78 is 1.01. The predicted octanol–water partition coefficient (Wildman–Crippen LogP) is 3.75. The van der Waals surface area contributed by atoms with Gasteiger partial charge in [-0.3, -0.25) is 5.32 Å². The molecule has 2 rings (SSSR count). The van der Waals surface area contributed by atoms with Crippen LogP contribution in [0.5, 0.6) is 0 Å². The van der Waals surface area contributed by atoms with E-state index in [-0.39, 0.29) is 0 Å². The largest absolute Gasteiger partial charge is 0.297 e. The molecule has 1 aromatic heterocycles. The maximum absolute atomic E-state index is 9.38. The molecule has 1 aliphatic carbocycles. The Balaban J connectivity index is 1.94. The quantitative estimate of drug-likeness (QED) is 0.802. The van der Waals surface area contributed by atoms with Crippen LogP contribution in [0.15, 0.2) is 27.8 Å². The Labute approximate surface area is 127 Å². The Morgan fingerprint density at radius 1 is 1.68 bits per heavy atom. The van der Waals surface area contributed by atoms with E-state index in [1.807, 2.05) is 19.1 Å². The summed E-state index contributed by atoms with van der Waals surface area (Å²) in [6, 6.07) is 6.87. The molecule has 0 amide bonds. The zero-order valence-electron chi connectivity index (χ0n) is 11.2. The van der Waals surface area contributed by atoms with Gasteiger partial charge in [0.25, 0.3) is 0 Å². The van der Waals surface area contributed by atoms with E-state index in [2.05, 4.69) is 39.2 Å². The Kier molecular flexibility index (Phi) is 4.88. The normalized spacial score (nSPS) is 19.5. The minimum Gasteiger partial charge on any atom is -0.297 e. The third-order valence-corrected chi connectivity index (χ3v) is 5.10. The van der Waals surface area contributed by atoms with E-state index in [1.165, 1.54) is 12.8 Å². The SMILES string of the molecule is CC(CC(C)(C#N)NC1CC1)Sc1ncccc1Br. The summed E-state index contributed by atoms with van der Waals surface area (Å²) in [4.78, 5) is 4.36.